The summed E-state index contributed by atoms with van der Waals surface area (Å²) < 4.78 is 11.8. The van der Waals surface area contributed by atoms with Crippen molar-refractivity contribution in [3.63, 3.8) is 0 Å². The lowest BCUT2D eigenvalue weighted by molar-refractivity contribution is -0.260. The van der Waals surface area contributed by atoms with Gasteiger partial charge in [0, 0.05) is 37.7 Å². The maximum Gasteiger partial charge on any atom is 0.246 e. The number of hydrogen-bond acceptors (Lipinski definition) is 23. The van der Waals surface area contributed by atoms with E-state index in [2.05, 4.69) is 52.2 Å². The molecule has 3 aromatic carbocycles. The fourth-order valence-electron chi connectivity index (χ4n) is 9.83. The number of rotatable bonds is 13. The molecule has 0 saturated carbocycles. The summed E-state index contributed by atoms with van der Waals surface area (Å²) in [6, 6.07) is 8.74. The van der Waals surface area contributed by atoms with Gasteiger partial charge in [-0.15, -0.1) is 0 Å². The number of guanidine groups is 2. The van der Waals surface area contributed by atoms with Crippen LogP contribution in [0.5, 0.6) is 0 Å². The van der Waals surface area contributed by atoms with Crippen LogP contribution in [0.1, 0.15) is 24.0 Å². The Morgan fingerprint density at radius 3 is 2.04 bits per heavy atom. The molecule has 1 aromatic heterocycles. The number of aliphatic imine (C=N–C) groups is 2. The highest BCUT2D eigenvalue weighted by Gasteiger charge is 2.52. The molecule has 4 aliphatic rings. The fourth-order valence-corrected chi connectivity index (χ4v) is 9.83. The third-order valence-corrected chi connectivity index (χ3v) is 14.5. The van der Waals surface area contributed by atoms with Gasteiger partial charge in [0.05, 0.1) is 44.9 Å². The van der Waals surface area contributed by atoms with Gasteiger partial charge in [0.15, 0.2) is 23.7 Å². The number of fused-ring (bicyclic) bond motifs is 1. The Labute approximate surface area is 456 Å². The number of hydrogen-bond donors (Lipinski definition) is 16. The van der Waals surface area contributed by atoms with Crippen LogP contribution in [-0.4, -0.2) is 225 Å². The van der Waals surface area contributed by atoms with Gasteiger partial charge in [-0.3, -0.25) is 38.8 Å². The number of aliphatic hydroxyl groups excluding tert-OH is 7. The number of carbonyl (C=O) groups excluding carboxylic acids is 6. The highest BCUT2D eigenvalue weighted by atomic mass is 16.6. The second-order valence-corrected chi connectivity index (χ2v) is 20.1. The van der Waals surface area contributed by atoms with Gasteiger partial charge >= 0.3 is 0 Å². The predicted molar refractivity (Wildman–Crippen MR) is 283 cm³/mol. The normalized spacial score (nSPS) is 29.5. The van der Waals surface area contributed by atoms with Crippen molar-refractivity contribution in [2.75, 3.05) is 51.8 Å². The second-order valence-electron chi connectivity index (χ2n) is 20.1. The average molecular weight is 1120 g/mol. The van der Waals surface area contributed by atoms with E-state index in [0.717, 1.165) is 10.6 Å². The zero-order chi connectivity index (χ0) is 57.7. The molecule has 430 valence electrons. The third-order valence-electron chi connectivity index (χ3n) is 14.5. The Morgan fingerprint density at radius 2 is 1.38 bits per heavy atom. The van der Waals surface area contributed by atoms with Gasteiger partial charge in [-0.1, -0.05) is 43.3 Å². The molecular formula is C51H66N14O15. The topological polar surface area (TPSA) is 447 Å². The van der Waals surface area contributed by atoms with Crippen molar-refractivity contribution in [2.24, 2.45) is 21.5 Å². The summed E-state index contributed by atoms with van der Waals surface area (Å²) in [5.41, 5.74) is 15.5. The quantitative estimate of drug-likeness (QED) is 0.0592. The number of oxazole rings is 1. The van der Waals surface area contributed by atoms with Crippen LogP contribution in [0.15, 0.2) is 87.2 Å². The smallest absolute Gasteiger partial charge is 0.246 e. The molecular weight excluding hydrogens is 1050 g/mol. The van der Waals surface area contributed by atoms with Crippen molar-refractivity contribution in [2.45, 2.75) is 104 Å². The summed E-state index contributed by atoms with van der Waals surface area (Å²) in [6.45, 7) is -1.90. The van der Waals surface area contributed by atoms with Gasteiger partial charge < -0.3 is 103 Å². The molecule has 4 aromatic rings. The number of nitrogens with two attached hydrogens (primary N) is 2. The average Bonchev–Trinajstić information content (AvgIpc) is 4.20. The van der Waals surface area contributed by atoms with Crippen molar-refractivity contribution < 1.29 is 73.7 Å². The molecule has 4 aliphatic heterocycles. The summed E-state index contributed by atoms with van der Waals surface area (Å²) in [6.07, 6.45) is -13.5. The van der Waals surface area contributed by atoms with E-state index in [0.29, 0.717) is 27.8 Å². The zero-order valence-corrected chi connectivity index (χ0v) is 43.6. The summed E-state index contributed by atoms with van der Waals surface area (Å²) in [5.74, 6) is -7.89. The van der Waals surface area contributed by atoms with Crippen LogP contribution in [0.3, 0.4) is 0 Å². The molecule has 0 aliphatic carbocycles. The van der Waals surface area contributed by atoms with E-state index in [-0.39, 0.29) is 24.8 Å². The lowest BCUT2D eigenvalue weighted by atomic mass is 9.92. The van der Waals surface area contributed by atoms with Crippen LogP contribution < -0.4 is 53.6 Å². The number of nitrogens with one attached hydrogen (secondary N) is 7. The lowest BCUT2D eigenvalue weighted by Gasteiger charge is -2.46. The Bertz CT molecular complexity index is 2960. The van der Waals surface area contributed by atoms with Crippen molar-refractivity contribution in [3.8, 4) is 11.5 Å². The monoisotopic (exact) mass is 1110 g/mol. The van der Waals surface area contributed by atoms with Crippen molar-refractivity contribution in [3.05, 3.63) is 83.9 Å². The second kappa shape index (κ2) is 25.0. The SMILES string of the molecule is C[C@@H](c1ccccc1)[C@@H]1NC(=O)CNC(=O)[C@H](CO)NC(=O)[C@@H]([C@H](O)[C@@H]2CN=C(N)N2[C@H]2O[C@H](CO)[C@@H](O)[C@H](O)[C@@H]2O)NC(=O)[C@H]([C@@H](O)[C@@H]2CN=C(N)N2)NC(=O)[C@@H](Cc2ccc3oc(-c4ccc(N(C)C)cc4)nc3c2)NC1=O. The Hall–Kier alpha value is -8.03. The predicted octanol–water partition coefficient (Wildman–Crippen LogP) is -6.74. The van der Waals surface area contributed by atoms with E-state index in [4.69, 9.17) is 20.6 Å². The molecule has 8 rings (SSSR count). The number of aliphatic hydroxyl groups is 7. The van der Waals surface area contributed by atoms with Crippen molar-refractivity contribution >= 4 is 64.1 Å². The summed E-state index contributed by atoms with van der Waals surface area (Å²) in [5, 5.41) is 94.5. The van der Waals surface area contributed by atoms with E-state index < -0.39 is 159 Å². The lowest BCUT2D eigenvalue weighted by Crippen LogP contribution is -2.70. The highest BCUT2D eigenvalue weighted by Crippen LogP contribution is 2.30. The first-order valence-corrected chi connectivity index (χ1v) is 25.6. The van der Waals surface area contributed by atoms with E-state index in [1.165, 1.54) is 0 Å². The van der Waals surface area contributed by atoms with Crippen molar-refractivity contribution in [1.29, 1.82) is 0 Å². The number of carbonyl (C=O) groups is 6. The van der Waals surface area contributed by atoms with Crippen molar-refractivity contribution in [1.82, 2.24) is 47.1 Å². The number of ether oxygens (including phenoxy) is 1. The molecule has 5 heterocycles. The van der Waals surface area contributed by atoms with Gasteiger partial charge in [-0.25, -0.2) is 4.98 Å². The minimum absolute atomic E-state index is 0.142. The van der Waals surface area contributed by atoms with Crippen LogP contribution in [-0.2, 0) is 39.9 Å². The third kappa shape index (κ3) is 12.7. The Morgan fingerprint density at radius 1 is 0.713 bits per heavy atom. The molecule has 0 radical (unpaired) electrons. The molecule has 0 spiro atoms. The van der Waals surface area contributed by atoms with Crippen LogP contribution in [0, 0.1) is 0 Å². The summed E-state index contributed by atoms with van der Waals surface area (Å²) in [7, 11) is 3.80. The fraction of sp³-hybridized carbons (Fsp3) is 0.471. The highest BCUT2D eigenvalue weighted by molar-refractivity contribution is 5.98. The Balaban J connectivity index is 1.18. The molecule has 29 heteroatoms. The minimum Gasteiger partial charge on any atom is -0.436 e. The first kappa shape index (κ1) is 58.1. The molecule has 0 bridgehead atoms. The molecule has 80 heavy (non-hydrogen) atoms. The maximum absolute atomic E-state index is 15.1. The van der Waals surface area contributed by atoms with Crippen LogP contribution >= 0.6 is 0 Å². The number of amides is 6. The first-order chi connectivity index (χ1) is 38.2. The number of aromatic nitrogens is 1. The molecule has 18 N–H and O–H groups in total. The molecule has 15 atom stereocenters. The summed E-state index contributed by atoms with van der Waals surface area (Å²) in [4.78, 5) is 103. The van der Waals surface area contributed by atoms with Gasteiger partial charge in [0.2, 0.25) is 41.3 Å². The number of anilines is 1. The van der Waals surface area contributed by atoms with Crippen LogP contribution in [0.25, 0.3) is 22.6 Å². The molecule has 2 fully saturated rings. The molecule has 0 unspecified atom stereocenters. The van der Waals surface area contributed by atoms with E-state index in [9.17, 15) is 59.7 Å². The van der Waals surface area contributed by atoms with Gasteiger partial charge in [0.1, 0.15) is 72.3 Å². The number of nitrogens with zero attached hydrogens (tertiary/aromatic N) is 5. The minimum atomic E-state index is -2.27. The first-order valence-electron chi connectivity index (χ1n) is 25.6. The Kier molecular flexibility index (Phi) is 18.1. The molecule has 6 amide bonds. The number of benzene rings is 3. The standard InChI is InChI=1S/C51H66N14O15/c1-22(24-7-5-4-6-8-24)35-45(76)57-28(16-23-9-14-32-27(15-23)59-48(79-32)25-10-12-26(13-11-25)64(2)3)44(75)62-36(38(69)29-17-55-50(52)60-29)47(78)63-37(46(77)58-30(20-66)43(74)54-19-34(68)61-35)39(70)31-18-56-51(53)65(31)49-42(73)41(72)40(71)33(21-67)80-49/h4-15,22,28-31,33,35-42,49,66-67,69-73H,16-21H2,1-3H3,(H2,53,56)(H,54,74)(H,57,76)(H,58,77)(H,61,68)(H,62,75)(H,63,78)(H3,52,55,60)/t22-,28+,29-,30-,31-,33+,35-,36-,37+,38-,39+,40+,41-,42-,49-/m0/s1. The van der Waals surface area contributed by atoms with Crippen LogP contribution in [0.4, 0.5) is 5.69 Å². The summed E-state index contributed by atoms with van der Waals surface area (Å²) >= 11 is 0. The zero-order valence-electron chi connectivity index (χ0n) is 43.6. The van der Waals surface area contributed by atoms with Gasteiger partial charge in [-0.05, 0) is 47.5 Å². The van der Waals surface area contributed by atoms with E-state index in [1.807, 2.05) is 43.3 Å². The van der Waals surface area contributed by atoms with Gasteiger partial charge in [-0.2, -0.15) is 0 Å². The van der Waals surface area contributed by atoms with Crippen LogP contribution in [0.2, 0.25) is 0 Å². The maximum atomic E-state index is 15.1. The van der Waals surface area contributed by atoms with Gasteiger partial charge in [0.25, 0.3) is 0 Å². The molecule has 2 saturated heterocycles. The van der Waals surface area contributed by atoms with E-state index >= 15 is 4.79 Å². The largest absolute Gasteiger partial charge is 0.436 e. The van der Waals surface area contributed by atoms with E-state index in [1.54, 1.807) is 55.5 Å². The molecule has 29 nitrogen and oxygen atoms in total.